The largest absolute Gasteiger partial charge is 0.573 e. The molecule has 5 heteroatoms. The zero-order valence-corrected chi connectivity index (χ0v) is 10.00. The lowest BCUT2D eigenvalue weighted by atomic mass is 9.85. The quantitative estimate of drug-likeness (QED) is 0.880. The number of aliphatic hydroxyl groups is 1. The van der Waals surface area contributed by atoms with Crippen LogP contribution in [0.4, 0.5) is 13.2 Å². The molecule has 0 aliphatic heterocycles. The molecule has 1 aliphatic rings. The number of alkyl halides is 3. The van der Waals surface area contributed by atoms with Gasteiger partial charge in [0.2, 0.25) is 0 Å². The molecule has 0 heterocycles. The van der Waals surface area contributed by atoms with Gasteiger partial charge in [-0.2, -0.15) is 0 Å². The van der Waals surface area contributed by atoms with Gasteiger partial charge in [-0.15, -0.1) is 13.2 Å². The maximum Gasteiger partial charge on any atom is 0.573 e. The number of ether oxygens (including phenoxy) is 1. The van der Waals surface area contributed by atoms with Crippen LogP contribution in [-0.4, -0.2) is 11.5 Å². The van der Waals surface area contributed by atoms with Crippen LogP contribution in [0.5, 0.6) is 5.75 Å². The van der Waals surface area contributed by atoms with Crippen LogP contribution in [0.25, 0.3) is 0 Å². The fourth-order valence-electron chi connectivity index (χ4n) is 2.55. The number of rotatable bonds is 2. The molecule has 1 aromatic carbocycles. The molecule has 0 bridgehead atoms. The van der Waals surface area contributed by atoms with E-state index >= 15 is 0 Å². The molecule has 2 rings (SSSR count). The molecule has 0 radical (unpaired) electrons. The van der Waals surface area contributed by atoms with Crippen LogP contribution in [0, 0.1) is 5.92 Å². The Labute approximate surface area is 103 Å². The average molecular weight is 260 g/mol. The summed E-state index contributed by atoms with van der Waals surface area (Å²) in [5.41, 5.74) is -0.542. The van der Waals surface area contributed by atoms with Crippen molar-refractivity contribution >= 4 is 0 Å². The number of benzene rings is 1. The van der Waals surface area contributed by atoms with Crippen molar-refractivity contribution in [1.82, 2.24) is 0 Å². The molecule has 2 nitrogen and oxygen atoms in total. The molecule has 100 valence electrons. The van der Waals surface area contributed by atoms with E-state index in [4.69, 9.17) is 0 Å². The Bertz CT molecular complexity index is 430. The summed E-state index contributed by atoms with van der Waals surface area (Å²) in [4.78, 5) is 0. The van der Waals surface area contributed by atoms with E-state index in [1.165, 1.54) is 18.2 Å². The molecule has 18 heavy (non-hydrogen) atoms. The first-order valence-corrected chi connectivity index (χ1v) is 5.90. The summed E-state index contributed by atoms with van der Waals surface area (Å²) >= 11 is 0. The lowest BCUT2D eigenvalue weighted by Crippen LogP contribution is -2.28. The van der Waals surface area contributed by atoms with E-state index in [9.17, 15) is 18.3 Å². The highest BCUT2D eigenvalue weighted by Crippen LogP contribution is 2.44. The van der Waals surface area contributed by atoms with Gasteiger partial charge in [0.15, 0.2) is 0 Å². The Morgan fingerprint density at radius 1 is 1.39 bits per heavy atom. The van der Waals surface area contributed by atoms with Crippen LogP contribution in [0.3, 0.4) is 0 Å². The standard InChI is InChI=1S/C13H15F3O2/c1-9-4-3-7-12(9,17)10-5-2-6-11(8-10)18-13(14,15)16/h2,5-6,8-9,17H,3-4,7H2,1H3. The first kappa shape index (κ1) is 13.2. The van der Waals surface area contributed by atoms with Crippen molar-refractivity contribution in [2.24, 2.45) is 5.92 Å². The number of hydrogen-bond donors (Lipinski definition) is 1. The van der Waals surface area contributed by atoms with E-state index in [2.05, 4.69) is 4.74 Å². The minimum absolute atomic E-state index is 0.0404. The first-order valence-electron chi connectivity index (χ1n) is 5.90. The van der Waals surface area contributed by atoms with E-state index in [0.29, 0.717) is 12.0 Å². The summed E-state index contributed by atoms with van der Waals surface area (Å²) in [5, 5.41) is 10.5. The zero-order chi connectivity index (χ0) is 13.4. The molecule has 0 amide bonds. The van der Waals surface area contributed by atoms with Gasteiger partial charge in [0.05, 0.1) is 5.60 Å². The highest BCUT2D eigenvalue weighted by atomic mass is 19.4. The second kappa shape index (κ2) is 4.46. The maximum atomic E-state index is 12.1. The minimum Gasteiger partial charge on any atom is -0.406 e. The van der Waals surface area contributed by atoms with Crippen molar-refractivity contribution in [3.63, 3.8) is 0 Å². The molecule has 0 spiro atoms. The molecule has 1 saturated carbocycles. The predicted octanol–water partition coefficient (Wildman–Crippen LogP) is 3.59. The van der Waals surface area contributed by atoms with Gasteiger partial charge in [0.25, 0.3) is 0 Å². The average Bonchev–Trinajstić information content (AvgIpc) is 2.58. The number of halogens is 3. The van der Waals surface area contributed by atoms with Gasteiger partial charge in [0.1, 0.15) is 5.75 Å². The fraction of sp³-hybridized carbons (Fsp3) is 0.538. The highest BCUT2D eigenvalue weighted by molar-refractivity contribution is 5.33. The Hall–Kier alpha value is -1.23. The molecule has 2 atom stereocenters. The molecule has 0 saturated heterocycles. The van der Waals surface area contributed by atoms with Gasteiger partial charge in [-0.05, 0) is 42.9 Å². The fourth-order valence-corrected chi connectivity index (χ4v) is 2.55. The summed E-state index contributed by atoms with van der Waals surface area (Å²) in [6, 6.07) is 5.62. The molecule has 0 aromatic heterocycles. The lowest BCUT2D eigenvalue weighted by molar-refractivity contribution is -0.274. The molecule has 1 aromatic rings. The Morgan fingerprint density at radius 2 is 2.11 bits per heavy atom. The summed E-state index contributed by atoms with van der Waals surface area (Å²) in [6.07, 6.45) is -2.38. The first-order chi connectivity index (χ1) is 8.31. The van der Waals surface area contributed by atoms with Crippen LogP contribution >= 0.6 is 0 Å². The zero-order valence-electron chi connectivity index (χ0n) is 10.00. The van der Waals surface area contributed by atoms with Crippen LogP contribution < -0.4 is 4.74 Å². The van der Waals surface area contributed by atoms with Crippen molar-refractivity contribution in [2.45, 2.75) is 38.1 Å². The SMILES string of the molecule is CC1CCCC1(O)c1cccc(OC(F)(F)F)c1. The second-order valence-corrected chi connectivity index (χ2v) is 4.79. The van der Waals surface area contributed by atoms with Crippen molar-refractivity contribution in [3.05, 3.63) is 29.8 Å². The van der Waals surface area contributed by atoms with Gasteiger partial charge >= 0.3 is 6.36 Å². The minimum atomic E-state index is -4.71. The normalized spacial score (nSPS) is 28.4. The topological polar surface area (TPSA) is 29.5 Å². The third-order valence-corrected chi connectivity index (χ3v) is 3.58. The van der Waals surface area contributed by atoms with Crippen molar-refractivity contribution < 1.29 is 23.0 Å². The third kappa shape index (κ3) is 2.61. The Kier molecular flexibility index (Phi) is 3.27. The lowest BCUT2D eigenvalue weighted by Gasteiger charge is -2.28. The summed E-state index contributed by atoms with van der Waals surface area (Å²) < 4.78 is 40.3. The van der Waals surface area contributed by atoms with Gasteiger partial charge < -0.3 is 9.84 Å². The second-order valence-electron chi connectivity index (χ2n) is 4.79. The molecule has 1 N–H and O–H groups in total. The molecular formula is C13H15F3O2. The molecule has 1 aliphatic carbocycles. The van der Waals surface area contributed by atoms with Gasteiger partial charge in [-0.1, -0.05) is 19.1 Å². The van der Waals surface area contributed by atoms with Crippen LogP contribution in [0.2, 0.25) is 0 Å². The van der Waals surface area contributed by atoms with Crippen LogP contribution in [-0.2, 0) is 5.60 Å². The van der Waals surface area contributed by atoms with Crippen LogP contribution in [0.1, 0.15) is 31.7 Å². The maximum absolute atomic E-state index is 12.1. The van der Waals surface area contributed by atoms with E-state index in [0.717, 1.165) is 12.8 Å². The van der Waals surface area contributed by atoms with Crippen LogP contribution in [0.15, 0.2) is 24.3 Å². The van der Waals surface area contributed by atoms with Crippen molar-refractivity contribution in [1.29, 1.82) is 0 Å². The number of hydrogen-bond acceptors (Lipinski definition) is 2. The smallest absolute Gasteiger partial charge is 0.406 e. The third-order valence-electron chi connectivity index (χ3n) is 3.58. The van der Waals surface area contributed by atoms with Gasteiger partial charge in [0, 0.05) is 0 Å². The summed E-state index contributed by atoms with van der Waals surface area (Å²) in [7, 11) is 0. The Morgan fingerprint density at radius 3 is 2.67 bits per heavy atom. The van der Waals surface area contributed by atoms with E-state index in [-0.39, 0.29) is 11.7 Å². The van der Waals surface area contributed by atoms with E-state index in [1.54, 1.807) is 6.07 Å². The molecular weight excluding hydrogens is 245 g/mol. The van der Waals surface area contributed by atoms with Gasteiger partial charge in [-0.3, -0.25) is 0 Å². The summed E-state index contributed by atoms with van der Waals surface area (Å²) in [5.74, 6) is -0.244. The highest BCUT2D eigenvalue weighted by Gasteiger charge is 2.40. The van der Waals surface area contributed by atoms with Gasteiger partial charge in [-0.25, -0.2) is 0 Å². The Balaban J connectivity index is 2.27. The monoisotopic (exact) mass is 260 g/mol. The predicted molar refractivity (Wildman–Crippen MR) is 60.0 cm³/mol. The molecule has 2 unspecified atom stereocenters. The van der Waals surface area contributed by atoms with Crippen molar-refractivity contribution in [3.8, 4) is 5.75 Å². The van der Waals surface area contributed by atoms with Crippen molar-refractivity contribution in [2.75, 3.05) is 0 Å². The van der Waals surface area contributed by atoms with E-state index < -0.39 is 12.0 Å². The van der Waals surface area contributed by atoms with E-state index in [1.807, 2.05) is 6.92 Å². The summed E-state index contributed by atoms with van der Waals surface area (Å²) in [6.45, 7) is 1.91. The molecule has 1 fully saturated rings.